The number of piperidine rings is 2. The lowest BCUT2D eigenvalue weighted by atomic mass is 9.76. The number of fused-ring (bicyclic) bond motifs is 2. The fraction of sp³-hybridized carbons (Fsp3) is 1.00. The fourth-order valence-corrected chi connectivity index (χ4v) is 4.73. The topological polar surface area (TPSA) is 35.7 Å². The first-order chi connectivity index (χ1) is 9.15. The molecule has 0 aliphatic carbocycles. The Hall–Kier alpha value is -0.160. The highest BCUT2D eigenvalue weighted by Gasteiger charge is 2.49. The third kappa shape index (κ3) is 2.33. The van der Waals surface area contributed by atoms with Crippen LogP contribution < -0.4 is 5.73 Å². The highest BCUT2D eigenvalue weighted by atomic mass is 15.3. The molecular formula is C15H30N4. The Balaban J connectivity index is 1.76. The summed E-state index contributed by atoms with van der Waals surface area (Å²) in [4.78, 5) is 7.80. The van der Waals surface area contributed by atoms with Crippen LogP contribution in [0, 0.1) is 5.92 Å². The average molecular weight is 266 g/mol. The van der Waals surface area contributed by atoms with E-state index in [2.05, 4.69) is 28.8 Å². The molecule has 0 aromatic carbocycles. The molecule has 0 aromatic rings. The molecule has 3 heterocycles. The largest absolute Gasteiger partial charge is 0.329 e. The molecule has 0 aromatic heterocycles. The highest BCUT2D eigenvalue weighted by molar-refractivity contribution is 5.06. The molecule has 110 valence electrons. The smallest absolute Gasteiger partial charge is 0.0385 e. The van der Waals surface area contributed by atoms with Crippen LogP contribution in [0.4, 0.5) is 0 Å². The zero-order valence-corrected chi connectivity index (χ0v) is 12.6. The molecule has 0 amide bonds. The van der Waals surface area contributed by atoms with Crippen LogP contribution in [-0.2, 0) is 0 Å². The zero-order chi connectivity index (χ0) is 13.5. The van der Waals surface area contributed by atoms with Crippen molar-refractivity contribution in [2.24, 2.45) is 11.7 Å². The van der Waals surface area contributed by atoms with E-state index < -0.39 is 0 Å². The van der Waals surface area contributed by atoms with Gasteiger partial charge in [-0.25, -0.2) is 0 Å². The standard InChI is InChI=1S/C15H30N4/c1-17-7-3-4-14(11-17)18(2)15(12-16)6-9-19-8-5-13(15)10-19/h13-14H,3-12,16H2,1-2H3. The van der Waals surface area contributed by atoms with Gasteiger partial charge >= 0.3 is 0 Å². The molecule has 2 bridgehead atoms. The minimum absolute atomic E-state index is 0.274. The minimum Gasteiger partial charge on any atom is -0.329 e. The summed E-state index contributed by atoms with van der Waals surface area (Å²) in [7, 11) is 4.61. The first-order valence-corrected chi connectivity index (χ1v) is 7.99. The van der Waals surface area contributed by atoms with Crippen LogP contribution in [0.25, 0.3) is 0 Å². The van der Waals surface area contributed by atoms with Gasteiger partial charge in [-0.3, -0.25) is 4.90 Å². The summed E-state index contributed by atoms with van der Waals surface area (Å²) < 4.78 is 0. The van der Waals surface area contributed by atoms with E-state index in [9.17, 15) is 0 Å². The van der Waals surface area contributed by atoms with Gasteiger partial charge in [0, 0.05) is 31.2 Å². The van der Waals surface area contributed by atoms with Crippen LogP contribution in [0.5, 0.6) is 0 Å². The molecule has 4 atom stereocenters. The Morgan fingerprint density at radius 3 is 2.79 bits per heavy atom. The van der Waals surface area contributed by atoms with E-state index >= 15 is 0 Å². The van der Waals surface area contributed by atoms with E-state index in [0.717, 1.165) is 12.5 Å². The summed E-state index contributed by atoms with van der Waals surface area (Å²) in [6.45, 7) is 7.14. The molecule has 4 heteroatoms. The zero-order valence-electron chi connectivity index (χ0n) is 12.6. The van der Waals surface area contributed by atoms with Crippen LogP contribution in [-0.4, -0.2) is 79.6 Å². The number of hydrogen-bond donors (Lipinski definition) is 1. The van der Waals surface area contributed by atoms with Crippen molar-refractivity contribution >= 4 is 0 Å². The lowest BCUT2D eigenvalue weighted by Crippen LogP contribution is -2.65. The van der Waals surface area contributed by atoms with E-state index in [4.69, 9.17) is 5.73 Å². The minimum atomic E-state index is 0.274. The summed E-state index contributed by atoms with van der Waals surface area (Å²) in [5, 5.41) is 0. The van der Waals surface area contributed by atoms with Gasteiger partial charge in [0.05, 0.1) is 0 Å². The molecule has 2 N–H and O–H groups in total. The lowest BCUT2D eigenvalue weighted by molar-refractivity contribution is -0.0212. The second-order valence-corrected chi connectivity index (χ2v) is 7.01. The third-order valence-corrected chi connectivity index (χ3v) is 6.10. The Kier molecular flexibility index (Phi) is 3.87. The van der Waals surface area contributed by atoms with Gasteiger partial charge in [0.2, 0.25) is 0 Å². The maximum atomic E-state index is 6.29. The molecule has 3 aliphatic heterocycles. The first kappa shape index (κ1) is 13.8. The van der Waals surface area contributed by atoms with Gasteiger partial charge < -0.3 is 15.5 Å². The lowest BCUT2D eigenvalue weighted by Gasteiger charge is -2.53. The molecule has 3 aliphatic rings. The predicted molar refractivity (Wildman–Crippen MR) is 79.2 cm³/mol. The first-order valence-electron chi connectivity index (χ1n) is 7.99. The predicted octanol–water partition coefficient (Wildman–Crippen LogP) is 0.436. The van der Waals surface area contributed by atoms with E-state index in [1.807, 2.05) is 0 Å². The second-order valence-electron chi connectivity index (χ2n) is 7.01. The number of nitrogens with two attached hydrogens (primary N) is 1. The van der Waals surface area contributed by atoms with E-state index in [1.54, 1.807) is 0 Å². The van der Waals surface area contributed by atoms with Crippen molar-refractivity contribution in [1.82, 2.24) is 14.7 Å². The molecule has 3 saturated heterocycles. The van der Waals surface area contributed by atoms with E-state index in [1.165, 1.54) is 58.4 Å². The van der Waals surface area contributed by atoms with Crippen LogP contribution in [0.1, 0.15) is 25.7 Å². The molecule has 4 unspecified atom stereocenters. The van der Waals surface area contributed by atoms with Crippen molar-refractivity contribution in [2.75, 3.05) is 53.4 Å². The number of likely N-dealkylation sites (tertiary alicyclic amines) is 1. The SMILES string of the molecule is CN1CCCC(N(C)C2(CN)CCN3CCC2C3)C1. The summed E-state index contributed by atoms with van der Waals surface area (Å²) in [6.07, 6.45) is 5.30. The van der Waals surface area contributed by atoms with Gasteiger partial charge in [-0.2, -0.15) is 0 Å². The fourth-order valence-electron chi connectivity index (χ4n) is 4.73. The number of rotatable bonds is 3. The number of hydrogen-bond acceptors (Lipinski definition) is 4. The molecule has 4 nitrogen and oxygen atoms in total. The number of nitrogens with zero attached hydrogens (tertiary/aromatic N) is 3. The van der Waals surface area contributed by atoms with Gasteiger partial charge in [0.25, 0.3) is 0 Å². The van der Waals surface area contributed by atoms with Crippen molar-refractivity contribution in [3.63, 3.8) is 0 Å². The van der Waals surface area contributed by atoms with Gasteiger partial charge in [-0.05, 0) is 65.3 Å². The quantitative estimate of drug-likeness (QED) is 0.804. The van der Waals surface area contributed by atoms with Crippen molar-refractivity contribution in [3.8, 4) is 0 Å². The summed E-state index contributed by atoms with van der Waals surface area (Å²) in [5.74, 6) is 0.795. The van der Waals surface area contributed by atoms with Crippen molar-refractivity contribution in [1.29, 1.82) is 0 Å². The van der Waals surface area contributed by atoms with Crippen molar-refractivity contribution in [2.45, 2.75) is 37.3 Å². The molecule has 0 radical (unpaired) electrons. The van der Waals surface area contributed by atoms with Crippen LogP contribution in [0.15, 0.2) is 0 Å². The average Bonchev–Trinajstić information content (AvgIpc) is 2.83. The Labute approximate surface area is 117 Å². The summed E-state index contributed by atoms with van der Waals surface area (Å²) in [6, 6.07) is 0.703. The van der Waals surface area contributed by atoms with E-state index in [-0.39, 0.29) is 5.54 Å². The normalized spacial score (nSPS) is 43.9. The van der Waals surface area contributed by atoms with Gasteiger partial charge in [-0.1, -0.05) is 0 Å². The van der Waals surface area contributed by atoms with Crippen molar-refractivity contribution < 1.29 is 0 Å². The van der Waals surface area contributed by atoms with Crippen LogP contribution in [0.3, 0.4) is 0 Å². The molecule has 0 spiro atoms. The second kappa shape index (κ2) is 5.32. The molecule has 0 saturated carbocycles. The molecule has 19 heavy (non-hydrogen) atoms. The maximum absolute atomic E-state index is 6.29. The Morgan fingerprint density at radius 1 is 1.21 bits per heavy atom. The van der Waals surface area contributed by atoms with Gasteiger partial charge in [0.15, 0.2) is 0 Å². The van der Waals surface area contributed by atoms with Gasteiger partial charge in [0.1, 0.15) is 0 Å². The molecule has 3 fully saturated rings. The van der Waals surface area contributed by atoms with Crippen LogP contribution in [0.2, 0.25) is 0 Å². The maximum Gasteiger partial charge on any atom is 0.0385 e. The molecule has 3 rings (SSSR count). The Bertz CT molecular complexity index is 321. The molecular weight excluding hydrogens is 236 g/mol. The monoisotopic (exact) mass is 266 g/mol. The highest BCUT2D eigenvalue weighted by Crippen LogP contribution is 2.40. The van der Waals surface area contributed by atoms with E-state index in [0.29, 0.717) is 6.04 Å². The third-order valence-electron chi connectivity index (χ3n) is 6.10. The van der Waals surface area contributed by atoms with Crippen LogP contribution >= 0.6 is 0 Å². The van der Waals surface area contributed by atoms with Crippen molar-refractivity contribution in [3.05, 3.63) is 0 Å². The Morgan fingerprint density at radius 2 is 2.05 bits per heavy atom. The van der Waals surface area contributed by atoms with Gasteiger partial charge in [-0.15, -0.1) is 0 Å². The number of likely N-dealkylation sites (N-methyl/N-ethyl adjacent to an activating group) is 2. The summed E-state index contributed by atoms with van der Waals surface area (Å²) in [5.41, 5.74) is 6.56. The summed E-state index contributed by atoms with van der Waals surface area (Å²) >= 11 is 0.